The molecule has 1 aromatic carbocycles. The van der Waals surface area contributed by atoms with Crippen molar-refractivity contribution in [3.63, 3.8) is 0 Å². The second kappa shape index (κ2) is 12.7. The van der Waals surface area contributed by atoms with Gasteiger partial charge in [-0.3, -0.25) is 4.55 Å². The van der Waals surface area contributed by atoms with E-state index in [2.05, 4.69) is 13.8 Å². The Morgan fingerprint density at radius 3 is 1.91 bits per heavy atom. The molecule has 0 radical (unpaired) electrons. The van der Waals surface area contributed by atoms with E-state index in [0.29, 0.717) is 5.92 Å². The predicted molar refractivity (Wildman–Crippen MR) is 100 cm³/mol. The van der Waals surface area contributed by atoms with Crippen molar-refractivity contribution in [3.8, 4) is 0 Å². The molecule has 5 heteroatoms. The van der Waals surface area contributed by atoms with Gasteiger partial charge in [-0.25, -0.2) is 0 Å². The van der Waals surface area contributed by atoms with Crippen LogP contribution in [0.5, 0.6) is 0 Å². The Hall–Kier alpha value is 0.390. The first-order chi connectivity index (χ1) is 10.5. The summed E-state index contributed by atoms with van der Waals surface area (Å²) in [6.45, 7) is 4.40. The molecule has 0 aliphatic rings. The van der Waals surface area contributed by atoms with Crippen LogP contribution in [0.3, 0.4) is 0 Å². The van der Waals surface area contributed by atoms with Gasteiger partial charge in [0.2, 0.25) is 0 Å². The first kappa shape index (κ1) is 23.4. The Bertz CT molecular complexity index is 512. The normalized spacial score (nSPS) is 12.7. The second-order valence-electron chi connectivity index (χ2n) is 6.06. The van der Waals surface area contributed by atoms with Crippen LogP contribution >= 0.6 is 0 Å². The standard InChI is InChI=1S/C18H30O3S.Ca.2H/c1-3-5-6-7-8-9-10-11-16(4-2)17-12-14-18(15-13-17)22(19,20)21;;;/h12-16H,3-11H2,1-2H3,(H,19,20,21);;;. The molecule has 0 bridgehead atoms. The molecular formula is C18H32CaO3S. The molecule has 1 unspecified atom stereocenters. The average Bonchev–Trinajstić information content (AvgIpc) is 2.49. The molecule has 0 fully saturated rings. The summed E-state index contributed by atoms with van der Waals surface area (Å²) in [7, 11) is -4.08. The van der Waals surface area contributed by atoms with E-state index in [1.807, 2.05) is 12.1 Å². The maximum atomic E-state index is 11.1. The predicted octanol–water partition coefficient (Wildman–Crippen LogP) is 4.65. The fourth-order valence-corrected chi connectivity index (χ4v) is 3.35. The topological polar surface area (TPSA) is 54.4 Å². The van der Waals surface area contributed by atoms with Crippen LogP contribution in [0.2, 0.25) is 0 Å². The Kier molecular flexibility index (Phi) is 12.9. The first-order valence-corrected chi connectivity index (χ1v) is 10.0. The van der Waals surface area contributed by atoms with Gasteiger partial charge < -0.3 is 0 Å². The van der Waals surface area contributed by atoms with Gasteiger partial charge in [0.15, 0.2) is 0 Å². The summed E-state index contributed by atoms with van der Waals surface area (Å²) in [6.07, 6.45) is 11.4. The first-order valence-electron chi connectivity index (χ1n) is 8.56. The molecule has 0 saturated heterocycles. The monoisotopic (exact) mass is 368 g/mol. The average molecular weight is 369 g/mol. The molecule has 0 aromatic heterocycles. The fourth-order valence-electron chi connectivity index (χ4n) is 2.87. The van der Waals surface area contributed by atoms with Crippen molar-refractivity contribution in [1.29, 1.82) is 0 Å². The van der Waals surface area contributed by atoms with Gasteiger partial charge in [0.25, 0.3) is 10.1 Å². The number of benzene rings is 1. The van der Waals surface area contributed by atoms with Crippen molar-refractivity contribution in [3.05, 3.63) is 29.8 Å². The third kappa shape index (κ3) is 9.45. The Labute approximate surface area is 172 Å². The summed E-state index contributed by atoms with van der Waals surface area (Å²) >= 11 is 0. The SMILES string of the molecule is CCCCCCCCCC(CC)c1ccc(S(=O)(=O)O)cc1.[CaH2]. The molecule has 1 N–H and O–H groups in total. The van der Waals surface area contributed by atoms with E-state index in [4.69, 9.17) is 4.55 Å². The molecular weight excluding hydrogens is 336 g/mol. The van der Waals surface area contributed by atoms with E-state index in [9.17, 15) is 8.42 Å². The molecule has 3 nitrogen and oxygen atoms in total. The Morgan fingerprint density at radius 2 is 1.43 bits per heavy atom. The molecule has 0 saturated carbocycles. The van der Waals surface area contributed by atoms with Gasteiger partial charge in [-0.1, -0.05) is 70.9 Å². The van der Waals surface area contributed by atoms with E-state index < -0.39 is 10.1 Å². The zero-order valence-corrected chi connectivity index (χ0v) is 14.7. The van der Waals surface area contributed by atoms with Crippen molar-refractivity contribution in [2.24, 2.45) is 0 Å². The maximum absolute atomic E-state index is 11.1. The van der Waals surface area contributed by atoms with Crippen molar-refractivity contribution in [2.75, 3.05) is 0 Å². The molecule has 1 atom stereocenters. The van der Waals surface area contributed by atoms with Crippen molar-refractivity contribution < 1.29 is 13.0 Å². The quantitative estimate of drug-likeness (QED) is 0.351. The van der Waals surface area contributed by atoms with Gasteiger partial charge >= 0.3 is 37.7 Å². The summed E-state index contributed by atoms with van der Waals surface area (Å²) in [4.78, 5) is -0.0259. The van der Waals surface area contributed by atoms with Gasteiger partial charge in [-0.15, -0.1) is 0 Å². The van der Waals surface area contributed by atoms with Crippen LogP contribution in [-0.2, 0) is 10.1 Å². The molecule has 0 heterocycles. The van der Waals surface area contributed by atoms with Gasteiger partial charge in [-0.05, 0) is 36.5 Å². The minimum absolute atomic E-state index is 0. The Balaban J connectivity index is 0.00000484. The van der Waals surface area contributed by atoms with E-state index in [1.54, 1.807) is 0 Å². The van der Waals surface area contributed by atoms with E-state index in [1.165, 1.54) is 62.6 Å². The van der Waals surface area contributed by atoms with Crippen LogP contribution in [0.1, 0.15) is 83.1 Å². The summed E-state index contributed by atoms with van der Waals surface area (Å²) < 4.78 is 31.1. The van der Waals surface area contributed by atoms with Gasteiger partial charge in [-0.2, -0.15) is 8.42 Å². The van der Waals surface area contributed by atoms with Crippen LogP contribution in [0.4, 0.5) is 0 Å². The fraction of sp³-hybridized carbons (Fsp3) is 0.667. The second-order valence-corrected chi connectivity index (χ2v) is 7.48. The van der Waals surface area contributed by atoms with Crippen molar-refractivity contribution in [2.45, 2.75) is 82.4 Å². The van der Waals surface area contributed by atoms with E-state index in [-0.39, 0.29) is 42.6 Å². The third-order valence-corrected chi connectivity index (χ3v) is 5.17. The molecule has 1 rings (SSSR count). The molecule has 23 heavy (non-hydrogen) atoms. The van der Waals surface area contributed by atoms with Gasteiger partial charge in [0.05, 0.1) is 4.90 Å². The summed E-state index contributed by atoms with van der Waals surface area (Å²) in [5.41, 5.74) is 1.17. The number of rotatable bonds is 11. The number of unbranched alkanes of at least 4 members (excludes halogenated alkanes) is 6. The van der Waals surface area contributed by atoms with Crippen molar-refractivity contribution >= 4 is 47.9 Å². The molecule has 1 aromatic rings. The van der Waals surface area contributed by atoms with E-state index in [0.717, 1.165) is 12.8 Å². The van der Waals surface area contributed by atoms with Crippen LogP contribution in [-0.4, -0.2) is 50.7 Å². The van der Waals surface area contributed by atoms with Gasteiger partial charge in [0.1, 0.15) is 0 Å². The van der Waals surface area contributed by atoms with Crippen LogP contribution in [0.25, 0.3) is 0 Å². The zero-order valence-electron chi connectivity index (χ0n) is 13.9. The van der Waals surface area contributed by atoms with Crippen molar-refractivity contribution in [1.82, 2.24) is 0 Å². The molecule has 130 valence electrons. The molecule has 0 amide bonds. The van der Waals surface area contributed by atoms with Crippen LogP contribution < -0.4 is 0 Å². The Morgan fingerprint density at radius 1 is 0.913 bits per heavy atom. The molecule has 0 aliphatic carbocycles. The molecule has 0 spiro atoms. The van der Waals surface area contributed by atoms with Crippen LogP contribution in [0, 0.1) is 0 Å². The molecule has 0 aliphatic heterocycles. The van der Waals surface area contributed by atoms with Gasteiger partial charge in [0, 0.05) is 0 Å². The van der Waals surface area contributed by atoms with E-state index >= 15 is 0 Å². The summed E-state index contributed by atoms with van der Waals surface area (Å²) in [5, 5.41) is 0. The zero-order chi connectivity index (χ0) is 16.4. The third-order valence-electron chi connectivity index (χ3n) is 4.30. The number of hydrogen-bond donors (Lipinski definition) is 1. The van der Waals surface area contributed by atoms with Crippen LogP contribution in [0.15, 0.2) is 29.2 Å². The summed E-state index contributed by atoms with van der Waals surface area (Å²) in [6, 6.07) is 6.66. The summed E-state index contributed by atoms with van der Waals surface area (Å²) in [5.74, 6) is 0.478. The number of hydrogen-bond acceptors (Lipinski definition) is 2. The minimum atomic E-state index is -4.08.